The zero-order valence-electron chi connectivity index (χ0n) is 9.09. The van der Waals surface area contributed by atoms with Gasteiger partial charge in [0, 0.05) is 6.54 Å². The number of likely N-dealkylation sites (tertiary alicyclic amines) is 1. The highest BCUT2D eigenvalue weighted by Crippen LogP contribution is 2.17. The summed E-state index contributed by atoms with van der Waals surface area (Å²) in [4.78, 5) is 17.6. The van der Waals surface area contributed by atoms with Crippen LogP contribution in [0.2, 0.25) is 0 Å². The summed E-state index contributed by atoms with van der Waals surface area (Å²) in [6.07, 6.45) is 5.33. The van der Waals surface area contributed by atoms with Gasteiger partial charge in [0.2, 0.25) is 5.82 Å². The molecule has 1 unspecified atom stereocenters. The van der Waals surface area contributed by atoms with Crippen molar-refractivity contribution < 1.29 is 9.90 Å². The van der Waals surface area contributed by atoms with E-state index in [1.54, 1.807) is 4.90 Å². The van der Waals surface area contributed by atoms with E-state index in [-0.39, 0.29) is 24.4 Å². The van der Waals surface area contributed by atoms with Gasteiger partial charge in [0.15, 0.2) is 0 Å². The van der Waals surface area contributed by atoms with Crippen molar-refractivity contribution in [3.63, 3.8) is 0 Å². The molecule has 6 heteroatoms. The maximum atomic E-state index is 12.1. The molecule has 1 aliphatic heterocycles. The quantitative estimate of drug-likeness (QED) is 0.751. The van der Waals surface area contributed by atoms with Crippen molar-refractivity contribution in [3.8, 4) is 0 Å². The van der Waals surface area contributed by atoms with Crippen LogP contribution in [0.5, 0.6) is 0 Å². The molecule has 1 amide bonds. The molecular weight excluding hydrogens is 208 g/mol. The number of aliphatic hydroxyl groups excluding tert-OH is 1. The summed E-state index contributed by atoms with van der Waals surface area (Å²) in [6, 6.07) is -0.0832. The first kappa shape index (κ1) is 11.1. The Hall–Kier alpha value is -1.43. The van der Waals surface area contributed by atoms with Crippen molar-refractivity contribution in [2.75, 3.05) is 13.2 Å². The average Bonchev–Trinajstić information content (AvgIpc) is 2.73. The third-order valence-electron chi connectivity index (χ3n) is 2.97. The van der Waals surface area contributed by atoms with Gasteiger partial charge in [0.05, 0.1) is 12.6 Å². The first-order valence-electron chi connectivity index (χ1n) is 5.60. The van der Waals surface area contributed by atoms with E-state index in [9.17, 15) is 9.90 Å². The summed E-state index contributed by atoms with van der Waals surface area (Å²) in [5.74, 6) is 0.0822. The number of rotatable bonds is 2. The van der Waals surface area contributed by atoms with Crippen LogP contribution in [0.15, 0.2) is 6.33 Å². The van der Waals surface area contributed by atoms with Crippen LogP contribution in [0.25, 0.3) is 0 Å². The van der Waals surface area contributed by atoms with Crippen molar-refractivity contribution in [3.05, 3.63) is 12.2 Å². The van der Waals surface area contributed by atoms with Crippen molar-refractivity contribution in [1.82, 2.24) is 20.1 Å². The molecule has 88 valence electrons. The van der Waals surface area contributed by atoms with E-state index in [0.717, 1.165) is 25.7 Å². The van der Waals surface area contributed by atoms with E-state index in [4.69, 9.17) is 0 Å². The lowest BCUT2D eigenvalue weighted by Crippen LogP contribution is -2.42. The van der Waals surface area contributed by atoms with E-state index in [0.29, 0.717) is 6.54 Å². The highest BCUT2D eigenvalue weighted by molar-refractivity contribution is 5.90. The minimum Gasteiger partial charge on any atom is -0.394 e. The summed E-state index contributed by atoms with van der Waals surface area (Å²) >= 11 is 0. The topological polar surface area (TPSA) is 82.1 Å². The van der Waals surface area contributed by atoms with Gasteiger partial charge in [-0.3, -0.25) is 9.89 Å². The molecule has 0 radical (unpaired) electrons. The summed E-state index contributed by atoms with van der Waals surface area (Å²) in [5, 5.41) is 15.5. The van der Waals surface area contributed by atoms with Gasteiger partial charge >= 0.3 is 0 Å². The molecule has 0 bridgehead atoms. The number of hydrogen-bond donors (Lipinski definition) is 2. The molecule has 6 nitrogen and oxygen atoms in total. The number of carbonyl (C=O) groups excluding carboxylic acids is 1. The number of carbonyl (C=O) groups is 1. The Morgan fingerprint density at radius 3 is 3.12 bits per heavy atom. The molecule has 2 heterocycles. The molecule has 0 aromatic carbocycles. The molecule has 1 aromatic heterocycles. The van der Waals surface area contributed by atoms with Crippen LogP contribution in [0, 0.1) is 0 Å². The summed E-state index contributed by atoms with van der Waals surface area (Å²) in [5.41, 5.74) is 0. The number of amides is 1. The van der Waals surface area contributed by atoms with Gasteiger partial charge in [0.1, 0.15) is 6.33 Å². The zero-order chi connectivity index (χ0) is 11.4. The number of aliphatic hydroxyl groups is 1. The van der Waals surface area contributed by atoms with Crippen LogP contribution in [0.3, 0.4) is 0 Å². The number of nitrogens with zero attached hydrogens (tertiary/aromatic N) is 3. The van der Waals surface area contributed by atoms with Crippen LogP contribution >= 0.6 is 0 Å². The fraction of sp³-hybridized carbons (Fsp3) is 0.700. The molecular formula is C10H16N4O2. The molecule has 1 aliphatic rings. The molecule has 2 rings (SSSR count). The Morgan fingerprint density at radius 2 is 2.44 bits per heavy atom. The van der Waals surface area contributed by atoms with E-state index < -0.39 is 0 Å². The lowest BCUT2D eigenvalue weighted by atomic mass is 10.1. The molecule has 1 fully saturated rings. The maximum absolute atomic E-state index is 12.1. The zero-order valence-corrected chi connectivity index (χ0v) is 9.09. The fourth-order valence-electron chi connectivity index (χ4n) is 2.08. The summed E-state index contributed by atoms with van der Waals surface area (Å²) in [7, 11) is 0. The maximum Gasteiger partial charge on any atom is 0.291 e. The van der Waals surface area contributed by atoms with E-state index >= 15 is 0 Å². The molecule has 0 saturated carbocycles. The van der Waals surface area contributed by atoms with Crippen LogP contribution < -0.4 is 0 Å². The lowest BCUT2D eigenvalue weighted by Gasteiger charge is -2.27. The monoisotopic (exact) mass is 224 g/mol. The lowest BCUT2D eigenvalue weighted by molar-refractivity contribution is 0.0588. The highest BCUT2D eigenvalue weighted by atomic mass is 16.3. The van der Waals surface area contributed by atoms with Crippen molar-refractivity contribution >= 4 is 5.91 Å². The minimum absolute atomic E-state index is 0.0138. The number of nitrogens with one attached hydrogen (secondary N) is 1. The van der Waals surface area contributed by atoms with E-state index in [1.807, 2.05) is 0 Å². The first-order valence-corrected chi connectivity index (χ1v) is 5.60. The predicted molar refractivity (Wildman–Crippen MR) is 56.8 cm³/mol. The average molecular weight is 224 g/mol. The predicted octanol–water partition coefficient (Wildman–Crippen LogP) is 0.182. The van der Waals surface area contributed by atoms with Crippen LogP contribution in [0.1, 0.15) is 36.3 Å². The molecule has 1 atom stereocenters. The Labute approximate surface area is 93.7 Å². The second-order valence-corrected chi connectivity index (χ2v) is 4.02. The van der Waals surface area contributed by atoms with Crippen LogP contribution in [0.4, 0.5) is 0 Å². The van der Waals surface area contributed by atoms with Gasteiger partial charge in [-0.25, -0.2) is 4.98 Å². The second kappa shape index (κ2) is 5.07. The molecule has 2 N–H and O–H groups in total. The fourth-order valence-corrected chi connectivity index (χ4v) is 2.08. The third kappa shape index (κ3) is 2.21. The van der Waals surface area contributed by atoms with Crippen LogP contribution in [-0.2, 0) is 0 Å². The minimum atomic E-state index is -0.168. The Kier molecular flexibility index (Phi) is 3.51. The molecule has 16 heavy (non-hydrogen) atoms. The smallest absolute Gasteiger partial charge is 0.291 e. The summed E-state index contributed by atoms with van der Waals surface area (Å²) < 4.78 is 0. The third-order valence-corrected chi connectivity index (χ3v) is 2.97. The van der Waals surface area contributed by atoms with E-state index in [1.165, 1.54) is 6.33 Å². The standard InChI is InChI=1S/C10H16N4O2/c15-6-8-4-2-1-3-5-14(8)10(16)9-11-7-12-13-9/h7-8,15H,1-6H2,(H,11,12,13). The normalized spacial score (nSPS) is 21.8. The van der Waals surface area contributed by atoms with Crippen molar-refractivity contribution in [2.45, 2.75) is 31.7 Å². The number of hydrogen-bond acceptors (Lipinski definition) is 4. The van der Waals surface area contributed by atoms with Crippen molar-refractivity contribution in [1.29, 1.82) is 0 Å². The Morgan fingerprint density at radius 1 is 1.56 bits per heavy atom. The SMILES string of the molecule is O=C(c1ncn[nH]1)N1CCCCCC1CO. The van der Waals surface area contributed by atoms with Crippen LogP contribution in [-0.4, -0.2) is 50.3 Å². The van der Waals surface area contributed by atoms with E-state index in [2.05, 4.69) is 15.2 Å². The van der Waals surface area contributed by atoms with Gasteiger partial charge in [-0.2, -0.15) is 5.10 Å². The van der Waals surface area contributed by atoms with Gasteiger partial charge in [-0.05, 0) is 12.8 Å². The molecule has 0 aliphatic carbocycles. The molecule has 0 spiro atoms. The van der Waals surface area contributed by atoms with Gasteiger partial charge in [0.25, 0.3) is 5.91 Å². The first-order chi connectivity index (χ1) is 7.83. The number of H-pyrrole nitrogens is 1. The second-order valence-electron chi connectivity index (χ2n) is 4.02. The van der Waals surface area contributed by atoms with Gasteiger partial charge in [-0.15, -0.1) is 0 Å². The largest absolute Gasteiger partial charge is 0.394 e. The van der Waals surface area contributed by atoms with Gasteiger partial charge in [-0.1, -0.05) is 12.8 Å². The summed E-state index contributed by atoms with van der Waals surface area (Å²) in [6.45, 7) is 0.699. The number of aromatic nitrogens is 3. The molecule has 1 aromatic rings. The highest BCUT2D eigenvalue weighted by Gasteiger charge is 2.27. The number of aromatic amines is 1. The Bertz CT molecular complexity index is 339. The Balaban J connectivity index is 2.13. The van der Waals surface area contributed by atoms with Gasteiger partial charge < -0.3 is 10.0 Å². The van der Waals surface area contributed by atoms with Crippen molar-refractivity contribution in [2.24, 2.45) is 0 Å². The molecule has 1 saturated heterocycles.